The number of benzene rings is 2. The van der Waals surface area contributed by atoms with Crippen LogP contribution in [-0.2, 0) is 27.4 Å². The number of nitrogens with zero attached hydrogens (tertiary/aromatic N) is 4. The zero-order chi connectivity index (χ0) is 26.6. The van der Waals surface area contributed by atoms with Crippen LogP contribution in [0.2, 0.25) is 5.02 Å². The molecule has 0 fully saturated rings. The highest BCUT2D eigenvalue weighted by atomic mass is 35.5. The fraction of sp³-hybridized carbons (Fsp3) is 0.292. The molecule has 1 heterocycles. The summed E-state index contributed by atoms with van der Waals surface area (Å²) in [7, 11) is 1.02. The van der Waals surface area contributed by atoms with Gasteiger partial charge in [0.2, 0.25) is 5.62 Å². The van der Waals surface area contributed by atoms with Crippen molar-refractivity contribution in [2.24, 2.45) is 4.99 Å². The summed E-state index contributed by atoms with van der Waals surface area (Å²) in [5.74, 6) is 4.44. The molecule has 0 aliphatic heterocycles. The summed E-state index contributed by atoms with van der Waals surface area (Å²) in [5, 5.41) is 0.498. The average molecular weight is 516 g/mol. The fourth-order valence-corrected chi connectivity index (χ4v) is 3.47. The lowest BCUT2D eigenvalue weighted by molar-refractivity contribution is -0.152. The Labute approximate surface area is 211 Å². The van der Waals surface area contributed by atoms with Crippen LogP contribution < -0.4 is 27.6 Å². The maximum absolute atomic E-state index is 13.4. The van der Waals surface area contributed by atoms with Crippen LogP contribution in [0.1, 0.15) is 25.0 Å². The lowest BCUT2D eigenvalue weighted by atomic mass is 10.2. The largest absolute Gasteiger partial charge is 0.491 e. The van der Waals surface area contributed by atoms with Gasteiger partial charge in [-0.25, -0.2) is 23.9 Å². The molecule has 0 amide bonds. The van der Waals surface area contributed by atoms with E-state index >= 15 is 0 Å². The van der Waals surface area contributed by atoms with E-state index in [1.54, 1.807) is 42.5 Å². The zero-order valence-corrected chi connectivity index (χ0v) is 21.0. The first-order chi connectivity index (χ1) is 17.0. The number of ketones is 1. The first-order valence-corrected chi connectivity index (χ1v) is 11.3. The van der Waals surface area contributed by atoms with Crippen molar-refractivity contribution in [1.82, 2.24) is 13.8 Å². The number of carbonyl (C=O) groups is 2. The van der Waals surface area contributed by atoms with Gasteiger partial charge in [0.05, 0.1) is 25.4 Å². The molecule has 2 aromatic carbocycles. The van der Waals surface area contributed by atoms with E-state index in [1.807, 2.05) is 20.8 Å². The van der Waals surface area contributed by atoms with Gasteiger partial charge in [0.25, 0.3) is 5.78 Å². The topological polar surface area (TPSA) is 140 Å². The van der Waals surface area contributed by atoms with E-state index < -0.39 is 29.7 Å². The van der Waals surface area contributed by atoms with Crippen molar-refractivity contribution in [2.45, 2.75) is 40.0 Å². The highest BCUT2D eigenvalue weighted by Crippen LogP contribution is 2.24. The molecule has 0 unspecified atom stereocenters. The number of halogens is 1. The molecule has 3 aromatic rings. The van der Waals surface area contributed by atoms with Gasteiger partial charge in [-0.3, -0.25) is 9.36 Å². The van der Waals surface area contributed by atoms with Gasteiger partial charge in [-0.05, 0) is 62.2 Å². The van der Waals surface area contributed by atoms with Crippen molar-refractivity contribution in [1.29, 1.82) is 0 Å². The highest BCUT2D eigenvalue weighted by molar-refractivity contribution is 6.33. The van der Waals surface area contributed by atoms with E-state index in [9.17, 15) is 19.2 Å². The molecule has 0 saturated heterocycles. The molecule has 0 aliphatic rings. The average Bonchev–Trinajstić information content (AvgIpc) is 2.84. The number of Topliss-reactive ketones (excluding diaryl/α,β-unsaturated/α-hetero) is 1. The van der Waals surface area contributed by atoms with Crippen LogP contribution in [0.25, 0.3) is 0 Å². The predicted molar refractivity (Wildman–Crippen MR) is 133 cm³/mol. The molecule has 12 heteroatoms. The molecule has 0 saturated carbocycles. The summed E-state index contributed by atoms with van der Waals surface area (Å²) in [6, 6.07) is 11.8. The van der Waals surface area contributed by atoms with Crippen molar-refractivity contribution in [3.05, 3.63) is 85.2 Å². The minimum absolute atomic E-state index is 0.0254. The third-order valence-electron chi connectivity index (χ3n) is 5.07. The number of carbonyl (C=O) groups excluding carboxylic acids is 2. The summed E-state index contributed by atoms with van der Waals surface area (Å²) < 4.78 is 12.5. The molecule has 0 atom stereocenters. The second-order valence-corrected chi connectivity index (χ2v) is 8.61. The van der Waals surface area contributed by atoms with E-state index in [0.29, 0.717) is 31.3 Å². The van der Waals surface area contributed by atoms with E-state index in [4.69, 9.17) is 22.2 Å². The van der Waals surface area contributed by atoms with Gasteiger partial charge >= 0.3 is 17.3 Å². The predicted octanol–water partition coefficient (Wildman–Crippen LogP) is 1.30. The lowest BCUT2D eigenvalue weighted by Gasteiger charge is -2.14. The zero-order valence-electron chi connectivity index (χ0n) is 20.2. The maximum Gasteiger partial charge on any atom is 0.376 e. The fourth-order valence-electron chi connectivity index (χ4n) is 3.35. The third kappa shape index (κ3) is 5.92. The second kappa shape index (κ2) is 11.1. The Balaban J connectivity index is 2.23. The van der Waals surface area contributed by atoms with Crippen LogP contribution in [0.3, 0.4) is 0 Å². The molecule has 3 rings (SSSR count). The molecular weight excluding hydrogens is 490 g/mol. The minimum Gasteiger partial charge on any atom is -0.491 e. The number of rotatable bonds is 8. The van der Waals surface area contributed by atoms with E-state index in [0.717, 1.165) is 17.2 Å². The number of ether oxygens (including phenoxy) is 2. The Morgan fingerprint density at radius 2 is 1.72 bits per heavy atom. The van der Waals surface area contributed by atoms with Gasteiger partial charge < -0.3 is 15.3 Å². The van der Waals surface area contributed by atoms with Crippen LogP contribution in [0.4, 0.5) is 5.69 Å². The molecular formula is C24H26ClN5O6. The summed E-state index contributed by atoms with van der Waals surface area (Å²) in [5.41, 5.74) is -0.228. The number of nitrogen functional groups attached to an aromatic ring is 1. The SMILES string of the molecule is COC(=O)C(=O)Cn1c(=O)n(N)/c(=N\c2ccc(OC(C)C)c(C)c2)n(Cc2ccc(Cl)cc2)c1=O. The first kappa shape index (κ1) is 26.5. The van der Waals surface area contributed by atoms with Crippen molar-refractivity contribution in [3.63, 3.8) is 0 Å². The molecule has 11 nitrogen and oxygen atoms in total. The quantitative estimate of drug-likeness (QED) is 0.271. The molecule has 0 spiro atoms. The molecule has 0 bridgehead atoms. The van der Waals surface area contributed by atoms with Crippen molar-refractivity contribution < 1.29 is 19.1 Å². The smallest absolute Gasteiger partial charge is 0.376 e. The molecule has 0 aliphatic carbocycles. The van der Waals surface area contributed by atoms with Crippen molar-refractivity contribution in [2.75, 3.05) is 13.0 Å². The standard InChI is InChI=1S/C24H26ClN5O6/c1-14(2)36-20-10-9-18(11-15(20)3)27-22-28(12-16-5-7-17(25)8-6-16)23(33)29(24(34)30(22)26)13-19(31)21(32)35-4/h5-11,14H,12-13,26H2,1-4H3/b27-22-. The lowest BCUT2D eigenvalue weighted by Crippen LogP contribution is -2.58. The Morgan fingerprint density at radius 1 is 1.06 bits per heavy atom. The molecule has 36 heavy (non-hydrogen) atoms. The molecule has 190 valence electrons. The number of aromatic nitrogens is 3. The summed E-state index contributed by atoms with van der Waals surface area (Å²) in [6.07, 6.45) is -0.0254. The number of methoxy groups -OCH3 is 1. The number of aryl methyl sites for hydroxylation is 1. The van der Waals surface area contributed by atoms with Crippen LogP contribution in [0.15, 0.2) is 57.0 Å². The van der Waals surface area contributed by atoms with Crippen LogP contribution in [0, 0.1) is 6.92 Å². The monoisotopic (exact) mass is 515 g/mol. The Hall–Kier alpha value is -4.12. The molecule has 1 aromatic heterocycles. The second-order valence-electron chi connectivity index (χ2n) is 8.18. The Morgan fingerprint density at radius 3 is 2.31 bits per heavy atom. The molecule has 2 N–H and O–H groups in total. The summed E-state index contributed by atoms with van der Waals surface area (Å²) in [6.45, 7) is 4.76. The number of esters is 1. The van der Waals surface area contributed by atoms with Gasteiger partial charge in [-0.2, -0.15) is 4.68 Å². The summed E-state index contributed by atoms with van der Waals surface area (Å²) >= 11 is 5.97. The van der Waals surface area contributed by atoms with E-state index in [2.05, 4.69) is 9.73 Å². The normalized spacial score (nSPS) is 11.6. The van der Waals surface area contributed by atoms with Gasteiger partial charge in [-0.1, -0.05) is 23.7 Å². The number of hydrogen-bond donors (Lipinski definition) is 1. The van der Waals surface area contributed by atoms with E-state index in [-0.39, 0.29) is 18.3 Å². The highest BCUT2D eigenvalue weighted by Gasteiger charge is 2.20. The third-order valence-corrected chi connectivity index (χ3v) is 5.33. The maximum atomic E-state index is 13.4. The van der Waals surface area contributed by atoms with Crippen LogP contribution >= 0.6 is 11.6 Å². The van der Waals surface area contributed by atoms with Crippen molar-refractivity contribution >= 4 is 29.0 Å². The minimum atomic E-state index is -1.19. The van der Waals surface area contributed by atoms with Crippen molar-refractivity contribution in [3.8, 4) is 5.75 Å². The van der Waals surface area contributed by atoms with Gasteiger partial charge in [0, 0.05) is 5.02 Å². The van der Waals surface area contributed by atoms with Crippen LogP contribution in [-0.4, -0.2) is 38.8 Å². The van der Waals surface area contributed by atoms with Gasteiger partial charge in [0.15, 0.2) is 0 Å². The molecule has 0 radical (unpaired) electrons. The summed E-state index contributed by atoms with van der Waals surface area (Å²) in [4.78, 5) is 54.4. The number of hydrogen-bond acceptors (Lipinski definition) is 8. The Bertz CT molecular complexity index is 1480. The first-order valence-electron chi connectivity index (χ1n) is 10.9. The van der Waals surface area contributed by atoms with E-state index in [1.165, 1.54) is 0 Å². The van der Waals surface area contributed by atoms with Crippen LogP contribution in [0.5, 0.6) is 5.75 Å². The Kier molecular flexibility index (Phi) is 8.15. The number of nitrogens with two attached hydrogens (primary N) is 1. The van der Waals surface area contributed by atoms with Gasteiger partial charge in [-0.15, -0.1) is 0 Å². The van der Waals surface area contributed by atoms with Gasteiger partial charge in [0.1, 0.15) is 12.3 Å².